The van der Waals surface area contributed by atoms with Crippen LogP contribution in [0, 0.1) is 0 Å². The summed E-state index contributed by atoms with van der Waals surface area (Å²) in [4.78, 5) is 25.6. The highest BCUT2D eigenvalue weighted by molar-refractivity contribution is 7.91. The Morgan fingerprint density at radius 3 is 2.48 bits per heavy atom. The number of hydrogen-bond donors (Lipinski definition) is 1. The smallest absolute Gasteiger partial charge is 0.312 e. The van der Waals surface area contributed by atoms with Crippen molar-refractivity contribution in [1.29, 1.82) is 0 Å². The van der Waals surface area contributed by atoms with E-state index in [-0.39, 0.29) is 18.1 Å². The fourth-order valence-corrected chi connectivity index (χ4v) is 4.44. The van der Waals surface area contributed by atoms with E-state index in [9.17, 15) is 18.0 Å². The van der Waals surface area contributed by atoms with E-state index in [1.807, 2.05) is 0 Å². The fourth-order valence-electron chi connectivity index (χ4n) is 2.58. The van der Waals surface area contributed by atoms with Gasteiger partial charge in [-0.05, 0) is 31.0 Å². The predicted octanol–water partition coefficient (Wildman–Crippen LogP) is 0.992. The van der Waals surface area contributed by atoms with Crippen LogP contribution in [0.2, 0.25) is 5.02 Å². The van der Waals surface area contributed by atoms with Gasteiger partial charge in [-0.2, -0.15) is 0 Å². The number of hydrogen-bond acceptors (Lipinski definition) is 4. The number of carbonyl (C=O) groups is 2. The number of benzene rings is 1. The van der Waals surface area contributed by atoms with Crippen molar-refractivity contribution in [3.8, 4) is 0 Å². The lowest BCUT2D eigenvalue weighted by molar-refractivity contribution is -0.147. The lowest BCUT2D eigenvalue weighted by atomic mass is 10.2. The van der Waals surface area contributed by atoms with Crippen molar-refractivity contribution in [1.82, 2.24) is 10.2 Å². The van der Waals surface area contributed by atoms with Crippen LogP contribution in [0.4, 0.5) is 0 Å². The number of halogens is 1. The van der Waals surface area contributed by atoms with Gasteiger partial charge in [0.05, 0.1) is 11.5 Å². The number of amides is 2. The monoisotopic (exact) mass is 358 g/mol. The first kappa shape index (κ1) is 17.7. The van der Waals surface area contributed by atoms with Crippen LogP contribution in [-0.4, -0.2) is 49.2 Å². The van der Waals surface area contributed by atoms with Gasteiger partial charge in [-0.25, -0.2) is 8.42 Å². The molecular weight excluding hydrogens is 340 g/mol. The molecule has 0 aromatic heterocycles. The van der Waals surface area contributed by atoms with Gasteiger partial charge in [0.2, 0.25) is 0 Å². The van der Waals surface area contributed by atoms with E-state index in [2.05, 4.69) is 5.32 Å². The molecule has 2 amide bonds. The Labute approximate surface area is 140 Å². The van der Waals surface area contributed by atoms with E-state index in [0.29, 0.717) is 18.0 Å². The molecule has 0 radical (unpaired) electrons. The van der Waals surface area contributed by atoms with Crippen LogP contribution in [0.1, 0.15) is 18.9 Å². The second kappa shape index (κ2) is 7.31. The highest BCUT2D eigenvalue weighted by Crippen LogP contribution is 2.18. The average molecular weight is 359 g/mol. The second-order valence-electron chi connectivity index (χ2n) is 5.46. The Hall–Kier alpha value is -1.60. The molecular formula is C15H19ClN2O4S. The van der Waals surface area contributed by atoms with E-state index in [4.69, 9.17) is 11.6 Å². The molecule has 0 aliphatic carbocycles. The fraction of sp³-hybridized carbons (Fsp3) is 0.467. The Kier molecular flexibility index (Phi) is 5.64. The van der Waals surface area contributed by atoms with Crippen LogP contribution in [0.3, 0.4) is 0 Å². The lowest BCUT2D eigenvalue weighted by Gasteiger charge is -2.26. The number of nitrogens with zero attached hydrogens (tertiary/aromatic N) is 1. The molecule has 1 aliphatic rings. The molecule has 1 atom stereocenters. The minimum Gasteiger partial charge on any atom is -0.344 e. The predicted molar refractivity (Wildman–Crippen MR) is 87.7 cm³/mol. The summed E-state index contributed by atoms with van der Waals surface area (Å²) in [5, 5.41) is 3.15. The molecule has 2 rings (SSSR count). The number of likely N-dealkylation sites (N-methyl/N-ethyl adjacent to an activating group) is 1. The zero-order valence-corrected chi connectivity index (χ0v) is 14.4. The summed E-state index contributed by atoms with van der Waals surface area (Å²) in [6, 6.07) is 6.50. The molecule has 8 heteroatoms. The molecule has 1 aliphatic heterocycles. The zero-order valence-electron chi connectivity index (χ0n) is 12.8. The van der Waals surface area contributed by atoms with E-state index in [1.54, 1.807) is 31.2 Å². The first-order valence-corrected chi connectivity index (χ1v) is 9.56. The van der Waals surface area contributed by atoms with Gasteiger partial charge in [0.15, 0.2) is 9.84 Å². The topological polar surface area (TPSA) is 83.6 Å². The first-order chi connectivity index (χ1) is 10.8. The standard InChI is InChI=1S/C15H19ClN2O4S/c1-2-18(13-7-8-23(21,22)10-13)15(20)14(19)17-9-11-3-5-12(16)6-4-11/h3-6,13H,2,7-10H2,1H3,(H,17,19). The highest BCUT2D eigenvalue weighted by Gasteiger charge is 2.35. The van der Waals surface area contributed by atoms with Crippen LogP contribution in [0.15, 0.2) is 24.3 Å². The molecule has 0 bridgehead atoms. The van der Waals surface area contributed by atoms with E-state index in [0.717, 1.165) is 5.56 Å². The number of sulfone groups is 1. The van der Waals surface area contributed by atoms with Crippen LogP contribution in [-0.2, 0) is 26.0 Å². The van der Waals surface area contributed by atoms with Crippen molar-refractivity contribution in [3.05, 3.63) is 34.9 Å². The van der Waals surface area contributed by atoms with Crippen molar-refractivity contribution in [3.63, 3.8) is 0 Å². The molecule has 1 unspecified atom stereocenters. The minimum absolute atomic E-state index is 0.0633. The Bertz CT molecular complexity index is 688. The van der Waals surface area contributed by atoms with Gasteiger partial charge in [-0.1, -0.05) is 23.7 Å². The van der Waals surface area contributed by atoms with Crippen molar-refractivity contribution in [2.75, 3.05) is 18.1 Å². The van der Waals surface area contributed by atoms with Crippen LogP contribution in [0.25, 0.3) is 0 Å². The van der Waals surface area contributed by atoms with Crippen molar-refractivity contribution in [2.45, 2.75) is 25.9 Å². The van der Waals surface area contributed by atoms with Crippen molar-refractivity contribution < 1.29 is 18.0 Å². The lowest BCUT2D eigenvalue weighted by Crippen LogP contribution is -2.48. The molecule has 1 N–H and O–H groups in total. The second-order valence-corrected chi connectivity index (χ2v) is 8.12. The molecule has 126 valence electrons. The quantitative estimate of drug-likeness (QED) is 0.814. The molecule has 1 aromatic rings. The third-order valence-corrected chi connectivity index (χ3v) is 5.81. The summed E-state index contributed by atoms with van der Waals surface area (Å²) in [6.07, 6.45) is 0.381. The van der Waals surface area contributed by atoms with Gasteiger partial charge in [-0.3, -0.25) is 9.59 Å². The summed E-state index contributed by atoms with van der Waals surface area (Å²) in [7, 11) is -3.11. The highest BCUT2D eigenvalue weighted by atomic mass is 35.5. The van der Waals surface area contributed by atoms with Gasteiger partial charge in [-0.15, -0.1) is 0 Å². The van der Waals surface area contributed by atoms with Crippen LogP contribution >= 0.6 is 11.6 Å². The molecule has 1 saturated heterocycles. The largest absolute Gasteiger partial charge is 0.344 e. The molecule has 1 fully saturated rings. The Balaban J connectivity index is 1.94. The van der Waals surface area contributed by atoms with Crippen molar-refractivity contribution in [2.24, 2.45) is 0 Å². The summed E-state index contributed by atoms with van der Waals surface area (Å²) in [6.45, 7) is 2.24. The number of rotatable bonds is 4. The zero-order chi connectivity index (χ0) is 17.0. The summed E-state index contributed by atoms with van der Waals surface area (Å²) in [5.74, 6) is -1.43. The van der Waals surface area contributed by atoms with Gasteiger partial charge >= 0.3 is 11.8 Å². The number of nitrogens with one attached hydrogen (secondary N) is 1. The Morgan fingerprint density at radius 2 is 1.96 bits per heavy atom. The summed E-state index contributed by atoms with van der Waals surface area (Å²) < 4.78 is 23.1. The molecule has 6 nitrogen and oxygen atoms in total. The van der Waals surface area contributed by atoms with Gasteiger partial charge in [0.25, 0.3) is 0 Å². The SMILES string of the molecule is CCN(C(=O)C(=O)NCc1ccc(Cl)cc1)C1CCS(=O)(=O)C1. The van der Waals surface area contributed by atoms with Crippen LogP contribution in [0.5, 0.6) is 0 Å². The maximum atomic E-state index is 12.2. The van der Waals surface area contributed by atoms with E-state index < -0.39 is 27.7 Å². The third kappa shape index (κ3) is 4.68. The minimum atomic E-state index is -3.11. The Morgan fingerprint density at radius 1 is 1.30 bits per heavy atom. The van der Waals surface area contributed by atoms with Crippen molar-refractivity contribution >= 4 is 33.3 Å². The maximum Gasteiger partial charge on any atom is 0.312 e. The summed E-state index contributed by atoms with van der Waals surface area (Å²) in [5.41, 5.74) is 0.821. The van der Waals surface area contributed by atoms with E-state index in [1.165, 1.54) is 4.90 Å². The molecule has 1 heterocycles. The van der Waals surface area contributed by atoms with Gasteiger partial charge < -0.3 is 10.2 Å². The molecule has 0 saturated carbocycles. The molecule has 1 aromatic carbocycles. The molecule has 0 spiro atoms. The molecule has 23 heavy (non-hydrogen) atoms. The van der Waals surface area contributed by atoms with E-state index >= 15 is 0 Å². The third-order valence-electron chi connectivity index (χ3n) is 3.81. The number of carbonyl (C=O) groups excluding carboxylic acids is 2. The van der Waals surface area contributed by atoms with Gasteiger partial charge in [0, 0.05) is 24.2 Å². The normalized spacial score (nSPS) is 19.3. The maximum absolute atomic E-state index is 12.2. The van der Waals surface area contributed by atoms with Gasteiger partial charge in [0.1, 0.15) is 0 Å². The van der Waals surface area contributed by atoms with Crippen LogP contribution < -0.4 is 5.32 Å². The first-order valence-electron chi connectivity index (χ1n) is 7.36. The average Bonchev–Trinajstić information content (AvgIpc) is 2.87. The summed E-state index contributed by atoms with van der Waals surface area (Å²) >= 11 is 5.78.